The van der Waals surface area contributed by atoms with Gasteiger partial charge in [-0.15, -0.1) is 22.7 Å². The van der Waals surface area contributed by atoms with E-state index in [1.165, 1.54) is 113 Å². The largest absolute Gasteiger partial charge is 0.140 e. The number of fused-ring (bicyclic) bond motifs is 2. The molecular weight excluding hydrogens is 857 g/mol. The Hall–Kier alpha value is -7.88. The second kappa shape index (κ2) is 18.4. The van der Waals surface area contributed by atoms with Crippen LogP contribution in [-0.2, 0) is 0 Å². The van der Waals surface area contributed by atoms with Gasteiger partial charge in [-0.05, 0) is 143 Å². The van der Waals surface area contributed by atoms with Gasteiger partial charge < -0.3 is 0 Å². The zero-order chi connectivity index (χ0) is 45.2. The molecule has 1 aliphatic carbocycles. The molecule has 322 valence electrons. The van der Waals surface area contributed by atoms with E-state index in [-0.39, 0.29) is 5.92 Å². The van der Waals surface area contributed by atoms with E-state index in [9.17, 15) is 0 Å². The Morgan fingerprint density at radius 1 is 0.338 bits per heavy atom. The number of rotatable bonds is 10. The first-order chi connectivity index (χ1) is 33.7. The van der Waals surface area contributed by atoms with Crippen LogP contribution in [0.5, 0.6) is 0 Å². The van der Waals surface area contributed by atoms with Crippen LogP contribution in [0.1, 0.15) is 33.9 Å². The fourth-order valence-corrected chi connectivity index (χ4v) is 12.0. The van der Waals surface area contributed by atoms with Crippen molar-refractivity contribution >= 4 is 61.9 Å². The van der Waals surface area contributed by atoms with Crippen molar-refractivity contribution in [3.05, 3.63) is 270 Å². The molecule has 0 radical (unpaired) electrons. The zero-order valence-corrected chi connectivity index (χ0v) is 39.1. The van der Waals surface area contributed by atoms with Gasteiger partial charge in [0.25, 0.3) is 0 Å². The molecule has 2 heterocycles. The fraction of sp³-hybridized carbons (Fsp3) is 0.0303. The lowest BCUT2D eigenvalue weighted by molar-refractivity contribution is 0.877. The van der Waals surface area contributed by atoms with E-state index in [0.29, 0.717) is 0 Å². The molecule has 0 aliphatic heterocycles. The Balaban J connectivity index is 0.977. The first-order valence-electron chi connectivity index (χ1n) is 23.4. The van der Waals surface area contributed by atoms with Gasteiger partial charge >= 0.3 is 0 Å². The van der Waals surface area contributed by atoms with Crippen LogP contribution in [0.4, 0.5) is 0 Å². The molecule has 1 aliphatic rings. The normalized spacial score (nSPS) is 13.6. The Morgan fingerprint density at radius 3 is 1.59 bits per heavy atom. The molecule has 0 spiro atoms. The highest BCUT2D eigenvalue weighted by molar-refractivity contribution is 7.18. The summed E-state index contributed by atoms with van der Waals surface area (Å²) in [5.74, 6) is 0.289. The van der Waals surface area contributed by atoms with Crippen molar-refractivity contribution in [3.8, 4) is 64.7 Å². The summed E-state index contributed by atoms with van der Waals surface area (Å²) in [7, 11) is 0. The van der Waals surface area contributed by atoms with Gasteiger partial charge in [0.05, 0.1) is 0 Å². The van der Waals surface area contributed by atoms with E-state index in [1.54, 1.807) is 0 Å². The minimum absolute atomic E-state index is 0.289. The fourth-order valence-electron chi connectivity index (χ4n) is 9.85. The van der Waals surface area contributed by atoms with Gasteiger partial charge in [-0.3, -0.25) is 0 Å². The van der Waals surface area contributed by atoms with E-state index in [4.69, 9.17) is 0 Å². The van der Waals surface area contributed by atoms with Crippen molar-refractivity contribution in [2.24, 2.45) is 0 Å². The maximum atomic E-state index is 2.54. The van der Waals surface area contributed by atoms with Crippen molar-refractivity contribution < 1.29 is 0 Å². The van der Waals surface area contributed by atoms with Crippen molar-refractivity contribution in [2.45, 2.75) is 12.3 Å². The van der Waals surface area contributed by atoms with Crippen LogP contribution in [0, 0.1) is 0 Å². The average molecular weight is 903 g/mol. The first kappa shape index (κ1) is 41.5. The average Bonchev–Trinajstić information content (AvgIpc) is 4.13. The van der Waals surface area contributed by atoms with E-state index in [2.05, 4.69) is 261 Å². The molecule has 68 heavy (non-hydrogen) atoms. The highest BCUT2D eigenvalue weighted by Crippen LogP contribution is 2.47. The summed E-state index contributed by atoms with van der Waals surface area (Å²) < 4.78 is 0. The molecule has 9 aromatic carbocycles. The van der Waals surface area contributed by atoms with Crippen LogP contribution < -0.4 is 0 Å². The van der Waals surface area contributed by atoms with Crippen LogP contribution in [0.25, 0.3) is 104 Å². The summed E-state index contributed by atoms with van der Waals surface area (Å²) >= 11 is 3.77. The van der Waals surface area contributed by atoms with E-state index >= 15 is 0 Å². The second-order valence-corrected chi connectivity index (χ2v) is 19.7. The molecule has 11 aromatic rings. The molecule has 1 unspecified atom stereocenters. The molecule has 0 N–H and O–H groups in total. The van der Waals surface area contributed by atoms with Crippen molar-refractivity contribution in [1.29, 1.82) is 0 Å². The molecule has 0 saturated heterocycles. The predicted molar refractivity (Wildman–Crippen MR) is 296 cm³/mol. The summed E-state index contributed by atoms with van der Waals surface area (Å²) in [6.07, 6.45) is 12.6. The van der Waals surface area contributed by atoms with Gasteiger partial charge in [0.15, 0.2) is 0 Å². The molecule has 2 heteroatoms. The topological polar surface area (TPSA) is 0 Å². The van der Waals surface area contributed by atoms with Gasteiger partial charge in [-0.25, -0.2) is 0 Å². The molecule has 12 rings (SSSR count). The lowest BCUT2D eigenvalue weighted by atomic mass is 9.82. The Kier molecular flexibility index (Phi) is 11.3. The minimum Gasteiger partial charge on any atom is -0.140 e. The van der Waals surface area contributed by atoms with Gasteiger partial charge in [-0.2, -0.15) is 0 Å². The van der Waals surface area contributed by atoms with E-state index < -0.39 is 0 Å². The Morgan fingerprint density at radius 2 is 0.853 bits per heavy atom. The quantitative estimate of drug-likeness (QED) is 0.0948. The van der Waals surface area contributed by atoms with Gasteiger partial charge in [0.2, 0.25) is 0 Å². The first-order valence-corrected chi connectivity index (χ1v) is 25.0. The maximum Gasteiger partial charge on any atom is 0.0349 e. The summed E-state index contributed by atoms with van der Waals surface area (Å²) in [5.41, 5.74) is 16.0. The SMILES string of the molecule is C1=CC(c2c3ccccc3c(-c3cccc(-c4ccc(-c5ccccc5)s4)c3)c3ccc(-c4ccc(-c5cccc(/C=C/c6ccccc6)c5)cc4)cc23)=CC(c2ccc(-c3ccccc3)s2)C1. The molecule has 0 nitrogen and oxygen atoms in total. The lowest BCUT2D eigenvalue weighted by Crippen LogP contribution is -1.99. The minimum atomic E-state index is 0.289. The molecular formula is C66H46S2. The van der Waals surface area contributed by atoms with Crippen LogP contribution in [0.15, 0.2) is 249 Å². The van der Waals surface area contributed by atoms with Crippen LogP contribution in [0.2, 0.25) is 0 Å². The number of allylic oxidation sites excluding steroid dienone is 4. The molecule has 2 aromatic heterocycles. The van der Waals surface area contributed by atoms with Gasteiger partial charge in [0, 0.05) is 25.4 Å². The summed E-state index contributed by atoms with van der Waals surface area (Å²) in [4.78, 5) is 5.26. The number of hydrogen-bond donors (Lipinski definition) is 0. The second-order valence-electron chi connectivity index (χ2n) is 17.5. The summed E-state index contributed by atoms with van der Waals surface area (Å²) in [6.45, 7) is 0. The van der Waals surface area contributed by atoms with Crippen LogP contribution in [-0.4, -0.2) is 0 Å². The van der Waals surface area contributed by atoms with E-state index in [1.807, 2.05) is 22.7 Å². The van der Waals surface area contributed by atoms with Gasteiger partial charge in [-0.1, -0.05) is 218 Å². The lowest BCUT2D eigenvalue weighted by Gasteiger charge is -2.22. The molecule has 1 atom stereocenters. The molecule has 0 saturated carbocycles. The smallest absolute Gasteiger partial charge is 0.0349 e. The number of benzene rings is 9. The molecule has 0 amide bonds. The van der Waals surface area contributed by atoms with Crippen LogP contribution in [0.3, 0.4) is 0 Å². The zero-order valence-electron chi connectivity index (χ0n) is 37.4. The molecule has 0 fully saturated rings. The number of thiophene rings is 2. The number of hydrogen-bond acceptors (Lipinski definition) is 2. The summed E-state index contributed by atoms with van der Waals surface area (Å²) in [6, 6.07) is 84.5. The van der Waals surface area contributed by atoms with Crippen molar-refractivity contribution in [1.82, 2.24) is 0 Å². The summed E-state index contributed by atoms with van der Waals surface area (Å²) in [5, 5.41) is 5.05. The van der Waals surface area contributed by atoms with Crippen molar-refractivity contribution in [2.75, 3.05) is 0 Å². The Bertz CT molecular complexity index is 3680. The van der Waals surface area contributed by atoms with Crippen LogP contribution >= 0.6 is 22.7 Å². The maximum absolute atomic E-state index is 2.54. The van der Waals surface area contributed by atoms with Gasteiger partial charge in [0.1, 0.15) is 0 Å². The monoisotopic (exact) mass is 902 g/mol. The third-order valence-corrected chi connectivity index (χ3v) is 15.7. The predicted octanol–water partition coefficient (Wildman–Crippen LogP) is 19.4. The third-order valence-electron chi connectivity index (χ3n) is 13.2. The van der Waals surface area contributed by atoms with E-state index in [0.717, 1.165) is 6.42 Å². The standard InChI is InChI=1S/C66H46S2/c1-4-15-45(16-5-1)29-30-46-17-12-22-51(41-46)47-31-33-48(34-32-47)52-35-36-59-60(44-52)66(56-26-14-24-54(43-56)64-40-38-62(68-64)50-20-8-3-9-21-50)58-28-11-10-27-57(58)65(59)55-25-13-23-53(42-55)63-39-37-61(67-63)49-18-6-2-7-19-49/h1-23,25-44,54H,24H2/b30-29+. The van der Waals surface area contributed by atoms with Crippen molar-refractivity contribution in [3.63, 3.8) is 0 Å². The third kappa shape index (κ3) is 8.30. The highest BCUT2D eigenvalue weighted by atomic mass is 32.1. The molecule has 0 bridgehead atoms. The highest BCUT2D eigenvalue weighted by Gasteiger charge is 2.22. The Labute approximate surface area is 406 Å².